The Morgan fingerprint density at radius 3 is 2.57 bits per heavy atom. The number of carbonyl (C=O) groups excluding carboxylic acids is 2. The van der Waals surface area contributed by atoms with Gasteiger partial charge in [-0.3, -0.25) is 14.5 Å². The molecule has 0 spiro atoms. The molecule has 6 rings (SSSR count). The topological polar surface area (TPSA) is 115 Å². The van der Waals surface area contributed by atoms with E-state index in [1.807, 2.05) is 25.1 Å². The highest BCUT2D eigenvalue weighted by molar-refractivity contribution is 8.00. The van der Waals surface area contributed by atoms with Crippen LogP contribution in [-0.2, 0) is 10.5 Å². The fourth-order valence-corrected chi connectivity index (χ4v) is 8.25. The second-order valence-electron chi connectivity index (χ2n) is 11.5. The van der Waals surface area contributed by atoms with Gasteiger partial charge in [0, 0.05) is 5.75 Å². The van der Waals surface area contributed by atoms with Gasteiger partial charge in [0.05, 0.1) is 40.9 Å². The number of nitrogens with zero attached hydrogens (tertiary/aromatic N) is 4. The zero-order valence-corrected chi connectivity index (χ0v) is 29.1. The summed E-state index contributed by atoms with van der Waals surface area (Å²) in [5, 5.41) is 23.4. The van der Waals surface area contributed by atoms with Crippen LogP contribution in [0.4, 0.5) is 5.13 Å². The molecule has 242 valence electrons. The lowest BCUT2D eigenvalue weighted by molar-refractivity contribution is -0.117. The van der Waals surface area contributed by atoms with Gasteiger partial charge in [0.15, 0.2) is 21.6 Å². The number of methoxy groups -OCH3 is 1. The van der Waals surface area contributed by atoms with Gasteiger partial charge in [-0.15, -0.1) is 21.5 Å². The molecule has 47 heavy (non-hydrogen) atoms. The maximum Gasteiger partial charge on any atom is 0.296 e. The number of aromatic nitrogens is 3. The van der Waals surface area contributed by atoms with E-state index >= 15 is 0 Å². The van der Waals surface area contributed by atoms with E-state index in [9.17, 15) is 14.7 Å². The molecular weight excluding hydrogens is 653 g/mol. The highest BCUT2D eigenvalue weighted by Gasteiger charge is 2.47. The first-order valence-electron chi connectivity index (χ1n) is 15.1. The summed E-state index contributed by atoms with van der Waals surface area (Å²) >= 11 is 3.98. The van der Waals surface area contributed by atoms with Crippen molar-refractivity contribution in [2.24, 2.45) is 5.92 Å². The average molecular weight is 687 g/mol. The Bertz CT molecular complexity index is 1990. The molecule has 9 nitrogen and oxygen atoms in total. The molecule has 1 aliphatic heterocycles. The van der Waals surface area contributed by atoms with Gasteiger partial charge in [0.1, 0.15) is 0 Å². The predicted octanol–water partition coefficient (Wildman–Crippen LogP) is 8.27. The Labute approximate surface area is 285 Å². The summed E-state index contributed by atoms with van der Waals surface area (Å²) in [6.07, 6.45) is 0.872. The minimum atomic E-state index is -0.987. The van der Waals surface area contributed by atoms with Gasteiger partial charge in [0.25, 0.3) is 5.91 Å². The molecule has 1 amide bonds. The summed E-state index contributed by atoms with van der Waals surface area (Å²) in [5.74, 6) is 0.312. The third-order valence-electron chi connectivity index (χ3n) is 7.85. The summed E-state index contributed by atoms with van der Waals surface area (Å²) in [4.78, 5) is 34.0. The molecule has 1 atom stereocenters. The van der Waals surface area contributed by atoms with Crippen molar-refractivity contribution in [3.63, 3.8) is 0 Å². The van der Waals surface area contributed by atoms with Crippen LogP contribution < -0.4 is 14.4 Å². The molecule has 0 fully saturated rings. The molecule has 2 aromatic heterocycles. The fraction of sp³-hybridized carbons (Fsp3) is 0.286. The summed E-state index contributed by atoms with van der Waals surface area (Å²) in [6, 6.07) is 18.7. The zero-order chi connectivity index (χ0) is 33.2. The molecule has 1 unspecified atom stereocenters. The average Bonchev–Trinajstić information content (AvgIpc) is 3.74. The van der Waals surface area contributed by atoms with Gasteiger partial charge in [0.2, 0.25) is 10.9 Å². The number of benzene rings is 3. The Hall–Kier alpha value is -4.26. The van der Waals surface area contributed by atoms with E-state index in [0.717, 1.165) is 17.4 Å². The summed E-state index contributed by atoms with van der Waals surface area (Å²) in [6.45, 7) is 8.32. The lowest BCUT2D eigenvalue weighted by Crippen LogP contribution is -2.31. The second kappa shape index (κ2) is 13.8. The van der Waals surface area contributed by atoms with E-state index < -0.39 is 23.5 Å². The van der Waals surface area contributed by atoms with Crippen molar-refractivity contribution < 1.29 is 24.2 Å². The lowest BCUT2D eigenvalue weighted by atomic mass is 9.95. The van der Waals surface area contributed by atoms with Crippen LogP contribution in [0, 0.1) is 19.8 Å². The number of hydrogen-bond donors (Lipinski definition) is 1. The number of hydrogen-bond acceptors (Lipinski definition) is 11. The SMILES string of the molecule is COc1cc(C2C(C(=O)c3sc(C)nc3C)=C(O)C(=O)N2c2nnc(SCc3cccc4ccccc34)s2)ccc1OCCC(C)C. The third-order valence-corrected chi connectivity index (χ3v) is 11.0. The maximum absolute atomic E-state index is 14.1. The number of aliphatic hydroxyl groups is 1. The van der Waals surface area contributed by atoms with E-state index in [2.05, 4.69) is 53.3 Å². The Morgan fingerprint density at radius 2 is 1.83 bits per heavy atom. The highest BCUT2D eigenvalue weighted by atomic mass is 32.2. The normalized spacial score (nSPS) is 14.9. The zero-order valence-electron chi connectivity index (χ0n) is 26.6. The number of ether oxygens (including phenoxy) is 2. The van der Waals surface area contributed by atoms with Gasteiger partial charge in [-0.1, -0.05) is 85.5 Å². The quantitative estimate of drug-likeness (QED) is 0.0787. The number of rotatable bonds is 12. The Kier molecular flexibility index (Phi) is 9.62. The number of fused-ring (bicyclic) bond motifs is 1. The van der Waals surface area contributed by atoms with E-state index in [4.69, 9.17) is 9.47 Å². The van der Waals surface area contributed by atoms with Crippen LogP contribution >= 0.6 is 34.4 Å². The first kappa shape index (κ1) is 32.7. The van der Waals surface area contributed by atoms with Gasteiger partial charge in [-0.25, -0.2) is 4.98 Å². The number of aryl methyl sites for hydroxylation is 2. The largest absolute Gasteiger partial charge is 0.503 e. The van der Waals surface area contributed by atoms with Crippen molar-refractivity contribution in [1.29, 1.82) is 0 Å². The van der Waals surface area contributed by atoms with Crippen molar-refractivity contribution in [3.8, 4) is 11.5 Å². The minimum Gasteiger partial charge on any atom is -0.503 e. The second-order valence-corrected chi connectivity index (χ2v) is 14.9. The van der Waals surface area contributed by atoms with Crippen LogP contribution in [0.5, 0.6) is 11.5 Å². The third kappa shape index (κ3) is 6.63. The van der Waals surface area contributed by atoms with E-state index in [1.54, 1.807) is 32.2 Å². The smallest absolute Gasteiger partial charge is 0.296 e. The van der Waals surface area contributed by atoms with Gasteiger partial charge in [-0.2, -0.15) is 0 Å². The van der Waals surface area contributed by atoms with Crippen molar-refractivity contribution in [3.05, 3.63) is 98.7 Å². The molecule has 5 aromatic rings. The first-order valence-corrected chi connectivity index (χ1v) is 17.8. The van der Waals surface area contributed by atoms with Gasteiger partial charge in [-0.05, 0) is 60.2 Å². The van der Waals surface area contributed by atoms with E-state index in [1.165, 1.54) is 44.7 Å². The molecular formula is C35H34N4O5S3. The molecule has 12 heteroatoms. The van der Waals surface area contributed by atoms with Crippen LogP contribution in [0.1, 0.15) is 57.8 Å². The van der Waals surface area contributed by atoms with E-state index in [-0.39, 0.29) is 10.7 Å². The first-order chi connectivity index (χ1) is 22.7. The number of thiazole rings is 1. The molecule has 3 aromatic carbocycles. The summed E-state index contributed by atoms with van der Waals surface area (Å²) < 4.78 is 12.3. The Morgan fingerprint density at radius 1 is 1.04 bits per heavy atom. The van der Waals surface area contributed by atoms with Gasteiger partial charge >= 0.3 is 0 Å². The van der Waals surface area contributed by atoms with Gasteiger partial charge < -0.3 is 14.6 Å². The Balaban J connectivity index is 1.35. The number of carbonyl (C=O) groups is 2. The molecule has 0 radical (unpaired) electrons. The standard InChI is InChI=1S/C35H34N4O5S3/c1-19(2)15-16-44-26-14-13-23(17-27(26)43-5)29-28(30(40)32-20(3)36-21(4)46-32)31(41)33(42)39(29)34-37-38-35(47-34)45-18-24-11-8-10-22-9-6-7-12-25(22)24/h6-14,17,19,29,41H,15-16,18H2,1-5H3. The van der Waals surface area contributed by atoms with E-state index in [0.29, 0.717) is 55.3 Å². The molecule has 0 bridgehead atoms. The molecule has 3 heterocycles. The summed E-state index contributed by atoms with van der Waals surface area (Å²) in [5.41, 5.74) is 2.21. The molecule has 1 aliphatic rings. The van der Waals surface area contributed by atoms with Crippen molar-refractivity contribution in [1.82, 2.24) is 15.2 Å². The van der Waals surface area contributed by atoms with Crippen LogP contribution in [0.3, 0.4) is 0 Å². The fourth-order valence-electron chi connectivity index (χ4n) is 5.51. The molecule has 0 aliphatic carbocycles. The minimum absolute atomic E-state index is 0.0440. The van der Waals surface area contributed by atoms with Crippen molar-refractivity contribution in [2.75, 3.05) is 18.6 Å². The van der Waals surface area contributed by atoms with Crippen LogP contribution in [0.15, 0.2) is 76.3 Å². The molecule has 0 saturated carbocycles. The number of thioether (sulfide) groups is 1. The lowest BCUT2D eigenvalue weighted by Gasteiger charge is -2.25. The van der Waals surface area contributed by atoms with Crippen molar-refractivity contribution >= 4 is 62.0 Å². The molecule has 0 saturated heterocycles. The van der Waals surface area contributed by atoms with Crippen molar-refractivity contribution in [2.45, 2.75) is 50.3 Å². The number of amides is 1. The molecule has 1 N–H and O–H groups in total. The predicted molar refractivity (Wildman–Crippen MR) is 187 cm³/mol. The number of anilines is 1. The van der Waals surface area contributed by atoms with Crippen LogP contribution in [-0.4, -0.2) is 45.7 Å². The summed E-state index contributed by atoms with van der Waals surface area (Å²) in [7, 11) is 1.54. The monoisotopic (exact) mass is 686 g/mol. The van der Waals surface area contributed by atoms with Crippen LogP contribution in [0.2, 0.25) is 0 Å². The van der Waals surface area contributed by atoms with Crippen LogP contribution in [0.25, 0.3) is 10.8 Å². The number of Topliss-reactive ketones (excluding diaryl/α,β-unsaturated/α-hetero) is 1. The number of ketones is 1. The highest BCUT2D eigenvalue weighted by Crippen LogP contribution is 2.46. The maximum atomic E-state index is 14.1. The number of aliphatic hydroxyl groups excluding tert-OH is 1.